The maximum Gasteiger partial charge on any atom is 0.318 e. The van der Waals surface area contributed by atoms with Crippen LogP contribution in [-0.2, 0) is 38.1 Å². The molecule has 12 nitrogen and oxygen atoms in total. The third kappa shape index (κ3) is 6.75. The summed E-state index contributed by atoms with van der Waals surface area (Å²) in [5.41, 5.74) is 5.44. The number of carbonyl (C=O) groups is 4. The van der Waals surface area contributed by atoms with Crippen molar-refractivity contribution < 1.29 is 47.3 Å². The van der Waals surface area contributed by atoms with Crippen LogP contribution in [0.5, 0.6) is 6.01 Å². The van der Waals surface area contributed by atoms with Crippen molar-refractivity contribution in [2.24, 2.45) is 5.92 Å². The number of nitrogen functional groups attached to an aromatic ring is 1. The lowest BCUT2D eigenvalue weighted by Crippen LogP contribution is -2.60. The molecule has 0 spiro atoms. The number of halogens is 1. The molecular formula is C19H24FN3O9. The average Bonchev–Trinajstić information content (AvgIpc) is 2.66. The molecule has 0 aromatic carbocycles. The summed E-state index contributed by atoms with van der Waals surface area (Å²) in [6.07, 6.45) is -3.95. The first-order valence-corrected chi connectivity index (χ1v) is 9.57. The lowest BCUT2D eigenvalue weighted by Gasteiger charge is -2.43. The van der Waals surface area contributed by atoms with Gasteiger partial charge in [0.25, 0.3) is 0 Å². The number of hydrogen-bond donors (Lipinski definition) is 1. The molecule has 0 unspecified atom stereocenters. The van der Waals surface area contributed by atoms with E-state index in [-0.39, 0.29) is 19.0 Å². The third-order valence-corrected chi connectivity index (χ3v) is 4.43. The molecule has 0 radical (unpaired) electrons. The Kier molecular flexibility index (Phi) is 8.27. The highest BCUT2D eigenvalue weighted by atomic mass is 19.1. The first-order chi connectivity index (χ1) is 15.0. The van der Waals surface area contributed by atoms with Crippen LogP contribution in [0.1, 0.15) is 34.1 Å². The molecule has 1 heterocycles. The van der Waals surface area contributed by atoms with E-state index in [1.165, 1.54) is 6.92 Å². The van der Waals surface area contributed by atoms with Gasteiger partial charge in [-0.25, -0.2) is 9.37 Å². The van der Waals surface area contributed by atoms with Crippen molar-refractivity contribution in [3.8, 4) is 6.01 Å². The average molecular weight is 457 g/mol. The van der Waals surface area contributed by atoms with Gasteiger partial charge in [-0.05, 0) is 6.42 Å². The molecule has 1 aromatic rings. The Morgan fingerprint density at radius 3 is 2.06 bits per heavy atom. The van der Waals surface area contributed by atoms with Gasteiger partial charge in [0.1, 0.15) is 12.2 Å². The van der Waals surface area contributed by atoms with Crippen LogP contribution in [0.25, 0.3) is 0 Å². The van der Waals surface area contributed by atoms with Crippen molar-refractivity contribution in [1.82, 2.24) is 9.97 Å². The monoisotopic (exact) mass is 457 g/mol. The molecule has 2 N–H and O–H groups in total. The largest absolute Gasteiger partial charge is 0.465 e. The molecule has 1 fully saturated rings. The first-order valence-electron chi connectivity index (χ1n) is 9.57. The molecule has 1 aromatic heterocycles. The summed E-state index contributed by atoms with van der Waals surface area (Å²) in [6, 6.07) is -0.329. The van der Waals surface area contributed by atoms with Crippen LogP contribution in [0.4, 0.5) is 10.2 Å². The lowest BCUT2D eigenvalue weighted by atomic mass is 9.80. The Morgan fingerprint density at radius 1 is 0.969 bits per heavy atom. The Bertz CT molecular complexity index is 882. The molecule has 5 atom stereocenters. The Hall–Kier alpha value is -3.51. The lowest BCUT2D eigenvalue weighted by molar-refractivity contribution is -0.213. The summed E-state index contributed by atoms with van der Waals surface area (Å²) in [7, 11) is 0. The minimum absolute atomic E-state index is 0.00157. The van der Waals surface area contributed by atoms with Gasteiger partial charge in [-0.2, -0.15) is 4.98 Å². The zero-order chi connectivity index (χ0) is 24.0. The second kappa shape index (κ2) is 10.7. The molecule has 0 saturated heterocycles. The number of esters is 4. The zero-order valence-electron chi connectivity index (χ0n) is 17.9. The molecule has 2 rings (SSSR count). The topological polar surface area (TPSA) is 166 Å². The van der Waals surface area contributed by atoms with Crippen molar-refractivity contribution in [1.29, 1.82) is 0 Å². The minimum atomic E-state index is -1.31. The Morgan fingerprint density at radius 2 is 1.53 bits per heavy atom. The Balaban J connectivity index is 2.46. The van der Waals surface area contributed by atoms with Gasteiger partial charge in [-0.1, -0.05) is 0 Å². The zero-order valence-corrected chi connectivity index (χ0v) is 17.9. The fourth-order valence-electron chi connectivity index (χ4n) is 3.31. The highest BCUT2D eigenvalue weighted by molar-refractivity contribution is 5.68. The maximum atomic E-state index is 13.4. The van der Waals surface area contributed by atoms with E-state index in [9.17, 15) is 23.6 Å². The summed E-state index contributed by atoms with van der Waals surface area (Å²) in [5.74, 6) is -4.83. The summed E-state index contributed by atoms with van der Waals surface area (Å²) in [5, 5.41) is 0. The van der Waals surface area contributed by atoms with E-state index >= 15 is 0 Å². The predicted octanol–water partition coefficient (Wildman–Crippen LogP) is 0.323. The van der Waals surface area contributed by atoms with Gasteiger partial charge in [0.2, 0.25) is 0 Å². The smallest absolute Gasteiger partial charge is 0.318 e. The second-order valence-corrected chi connectivity index (χ2v) is 7.06. The molecule has 13 heteroatoms. The fourth-order valence-corrected chi connectivity index (χ4v) is 3.31. The molecule has 1 aliphatic carbocycles. The van der Waals surface area contributed by atoms with E-state index in [4.69, 9.17) is 29.4 Å². The molecule has 0 amide bonds. The van der Waals surface area contributed by atoms with Gasteiger partial charge in [0.15, 0.2) is 23.8 Å². The standard InChI is InChI=1S/C19H24FN3O9/c1-8(24)28-7-12-5-14(32-19-22-6-13(20)18(21)23-19)16(30-10(3)26)17(31-11(4)27)15(12)29-9(2)25/h6,12,14-17H,5,7H2,1-4H3,(H2,21,22,23)/t12-,14-,15-,16+,17+/m1/s1. The fraction of sp³-hybridized carbons (Fsp3) is 0.579. The van der Waals surface area contributed by atoms with E-state index in [2.05, 4.69) is 9.97 Å². The Labute approximate surface area is 182 Å². The SMILES string of the molecule is CC(=O)OC[C@H]1C[C@@H](Oc2ncc(F)c(N)n2)[C@H](OC(C)=O)[C@@H](OC(C)=O)[C@@H]1OC(C)=O. The van der Waals surface area contributed by atoms with Crippen LogP contribution in [0.15, 0.2) is 6.20 Å². The number of ether oxygens (including phenoxy) is 5. The van der Waals surface area contributed by atoms with Gasteiger partial charge < -0.3 is 29.4 Å². The number of aromatic nitrogens is 2. The van der Waals surface area contributed by atoms with Crippen molar-refractivity contribution in [2.75, 3.05) is 12.3 Å². The van der Waals surface area contributed by atoms with Crippen LogP contribution in [-0.4, -0.2) is 64.9 Å². The first kappa shape index (κ1) is 24.8. The van der Waals surface area contributed by atoms with Gasteiger partial charge in [-0.15, -0.1) is 0 Å². The molecule has 176 valence electrons. The van der Waals surface area contributed by atoms with Gasteiger partial charge >= 0.3 is 29.9 Å². The third-order valence-electron chi connectivity index (χ3n) is 4.43. The van der Waals surface area contributed by atoms with E-state index in [1.807, 2.05) is 0 Å². The number of rotatable bonds is 7. The molecular weight excluding hydrogens is 433 g/mol. The highest BCUT2D eigenvalue weighted by Gasteiger charge is 2.52. The number of nitrogens with two attached hydrogens (primary N) is 1. The maximum absolute atomic E-state index is 13.4. The van der Waals surface area contributed by atoms with Gasteiger partial charge in [-0.3, -0.25) is 19.2 Å². The molecule has 1 aliphatic rings. The normalized spacial score (nSPS) is 24.7. The van der Waals surface area contributed by atoms with E-state index in [1.54, 1.807) is 0 Å². The number of anilines is 1. The van der Waals surface area contributed by atoms with Crippen LogP contribution >= 0.6 is 0 Å². The minimum Gasteiger partial charge on any atom is -0.465 e. The summed E-state index contributed by atoms with van der Waals surface area (Å²) in [6.45, 7) is 4.36. The van der Waals surface area contributed by atoms with Crippen LogP contribution in [0.2, 0.25) is 0 Å². The summed E-state index contributed by atoms with van der Waals surface area (Å²) in [4.78, 5) is 54.0. The van der Waals surface area contributed by atoms with Crippen molar-refractivity contribution >= 4 is 29.7 Å². The molecule has 0 aliphatic heterocycles. The quantitative estimate of drug-likeness (QED) is 0.441. The van der Waals surface area contributed by atoms with Crippen LogP contribution in [0, 0.1) is 11.7 Å². The van der Waals surface area contributed by atoms with Gasteiger partial charge in [0, 0.05) is 33.6 Å². The highest BCUT2D eigenvalue weighted by Crippen LogP contribution is 2.34. The summed E-state index contributed by atoms with van der Waals surface area (Å²) < 4.78 is 40.2. The predicted molar refractivity (Wildman–Crippen MR) is 102 cm³/mol. The molecule has 1 saturated carbocycles. The van der Waals surface area contributed by atoms with Gasteiger partial charge in [0.05, 0.1) is 12.8 Å². The summed E-state index contributed by atoms with van der Waals surface area (Å²) >= 11 is 0. The van der Waals surface area contributed by atoms with Crippen molar-refractivity contribution in [2.45, 2.75) is 58.5 Å². The van der Waals surface area contributed by atoms with Crippen molar-refractivity contribution in [3.63, 3.8) is 0 Å². The van der Waals surface area contributed by atoms with E-state index < -0.39 is 65.8 Å². The van der Waals surface area contributed by atoms with Crippen molar-refractivity contribution in [3.05, 3.63) is 12.0 Å². The molecule has 0 bridgehead atoms. The van der Waals surface area contributed by atoms with Crippen LogP contribution in [0.3, 0.4) is 0 Å². The molecule has 32 heavy (non-hydrogen) atoms. The van der Waals surface area contributed by atoms with Crippen LogP contribution < -0.4 is 10.5 Å². The second-order valence-electron chi connectivity index (χ2n) is 7.06. The number of hydrogen-bond acceptors (Lipinski definition) is 12. The van der Waals surface area contributed by atoms with E-state index in [0.29, 0.717) is 0 Å². The number of carbonyl (C=O) groups excluding carboxylic acids is 4. The van der Waals surface area contributed by atoms with E-state index in [0.717, 1.165) is 27.0 Å². The number of nitrogens with zero attached hydrogens (tertiary/aromatic N) is 2.